The van der Waals surface area contributed by atoms with Gasteiger partial charge in [0.25, 0.3) is 0 Å². The molecule has 0 saturated heterocycles. The number of aryl methyl sites for hydroxylation is 1. The molecule has 4 nitrogen and oxygen atoms in total. The Morgan fingerprint density at radius 1 is 1.26 bits per heavy atom. The molecule has 3 rings (SSSR count). The van der Waals surface area contributed by atoms with Crippen LogP contribution < -0.4 is 5.32 Å². The van der Waals surface area contributed by atoms with Crippen molar-refractivity contribution in [3.63, 3.8) is 0 Å². The van der Waals surface area contributed by atoms with Crippen LogP contribution in [0.25, 0.3) is 0 Å². The lowest BCUT2D eigenvalue weighted by Crippen LogP contribution is -2.18. The maximum Gasteiger partial charge on any atom is 0.235 e. The molecule has 1 N–H and O–H groups in total. The molecule has 1 aromatic heterocycles. The summed E-state index contributed by atoms with van der Waals surface area (Å²) in [5, 5.41) is 7.52. The molecule has 0 spiro atoms. The maximum absolute atomic E-state index is 13.9. The Morgan fingerprint density at radius 2 is 2.04 bits per heavy atom. The van der Waals surface area contributed by atoms with E-state index in [2.05, 4.69) is 10.4 Å². The maximum atomic E-state index is 13.9. The Bertz CT molecular complexity index is 977. The average molecular weight is 408 g/mol. The van der Waals surface area contributed by atoms with Crippen LogP contribution in [0, 0.1) is 18.6 Å². The van der Waals surface area contributed by atoms with Gasteiger partial charge in [-0.2, -0.15) is 5.10 Å². The van der Waals surface area contributed by atoms with Gasteiger partial charge in [-0.25, -0.2) is 13.5 Å². The first-order valence-corrected chi connectivity index (χ1v) is 9.44. The summed E-state index contributed by atoms with van der Waals surface area (Å²) in [6, 6.07) is 10.5. The lowest BCUT2D eigenvalue weighted by molar-refractivity contribution is -0.113. The van der Waals surface area contributed by atoms with E-state index in [1.807, 2.05) is 18.2 Å². The zero-order valence-corrected chi connectivity index (χ0v) is 16.0. The molecular weight excluding hydrogens is 392 g/mol. The molecule has 0 aliphatic carbocycles. The molecule has 0 atom stereocenters. The zero-order chi connectivity index (χ0) is 19.4. The molecule has 1 amide bonds. The van der Waals surface area contributed by atoms with Crippen LogP contribution in [-0.4, -0.2) is 21.4 Å². The van der Waals surface area contributed by atoms with Gasteiger partial charge < -0.3 is 5.32 Å². The first-order chi connectivity index (χ1) is 12.9. The first kappa shape index (κ1) is 19.4. The fourth-order valence-corrected chi connectivity index (χ4v) is 3.50. The number of aromatic nitrogens is 2. The summed E-state index contributed by atoms with van der Waals surface area (Å²) in [6.45, 7) is 1.78. The van der Waals surface area contributed by atoms with Crippen molar-refractivity contribution in [2.45, 2.75) is 18.4 Å². The number of nitrogens with zero attached hydrogens (tertiary/aromatic N) is 2. The standard InChI is InChI=1S/C19H16ClF2N3OS/c1-12-9-23-25(10-13-8-14(21)6-7-16(13)22)19(12)24-18(26)11-27-17-5-3-2-4-15(17)20/h2-9H,10-11H2,1H3,(H,24,26). The highest BCUT2D eigenvalue weighted by molar-refractivity contribution is 8.00. The molecule has 1 heterocycles. The van der Waals surface area contributed by atoms with E-state index in [-0.39, 0.29) is 23.8 Å². The van der Waals surface area contributed by atoms with E-state index in [0.717, 1.165) is 28.7 Å². The van der Waals surface area contributed by atoms with Gasteiger partial charge in [0.1, 0.15) is 17.5 Å². The number of nitrogens with one attached hydrogen (secondary N) is 1. The Balaban J connectivity index is 1.70. The third kappa shape index (κ3) is 4.87. The number of carbonyl (C=O) groups is 1. The lowest BCUT2D eigenvalue weighted by Gasteiger charge is -2.11. The molecule has 2 aromatic carbocycles. The highest BCUT2D eigenvalue weighted by Gasteiger charge is 2.14. The second kappa shape index (κ2) is 8.54. The van der Waals surface area contributed by atoms with Crippen molar-refractivity contribution in [2.75, 3.05) is 11.1 Å². The smallest absolute Gasteiger partial charge is 0.235 e. The number of hydrogen-bond donors (Lipinski definition) is 1. The van der Waals surface area contributed by atoms with Crippen LogP contribution in [-0.2, 0) is 11.3 Å². The van der Waals surface area contributed by atoms with Crippen molar-refractivity contribution in [3.8, 4) is 0 Å². The van der Waals surface area contributed by atoms with Crippen LogP contribution in [0.1, 0.15) is 11.1 Å². The average Bonchev–Trinajstić information content (AvgIpc) is 2.97. The predicted molar refractivity (Wildman–Crippen MR) is 103 cm³/mol. The monoisotopic (exact) mass is 407 g/mol. The fraction of sp³-hybridized carbons (Fsp3) is 0.158. The number of amides is 1. The zero-order valence-electron chi connectivity index (χ0n) is 14.4. The van der Waals surface area contributed by atoms with Gasteiger partial charge >= 0.3 is 0 Å². The molecule has 0 unspecified atom stereocenters. The summed E-state index contributed by atoms with van der Waals surface area (Å²) in [5.74, 6) is -0.705. The third-order valence-corrected chi connectivity index (χ3v) is 5.32. The normalized spacial score (nSPS) is 10.8. The van der Waals surface area contributed by atoms with Crippen molar-refractivity contribution >= 4 is 35.1 Å². The highest BCUT2D eigenvalue weighted by atomic mass is 35.5. The van der Waals surface area contributed by atoms with Crippen molar-refractivity contribution in [2.24, 2.45) is 0 Å². The molecule has 0 fully saturated rings. The Morgan fingerprint density at radius 3 is 2.81 bits per heavy atom. The van der Waals surface area contributed by atoms with Crippen molar-refractivity contribution < 1.29 is 13.6 Å². The van der Waals surface area contributed by atoms with Crippen LogP contribution in [0.2, 0.25) is 5.02 Å². The summed E-state index contributed by atoms with van der Waals surface area (Å²) >= 11 is 7.40. The molecular formula is C19H16ClF2N3OS. The van der Waals surface area contributed by atoms with Crippen LogP contribution in [0.3, 0.4) is 0 Å². The largest absolute Gasteiger partial charge is 0.310 e. The molecule has 0 aliphatic heterocycles. The van der Waals surface area contributed by atoms with Crippen LogP contribution >= 0.6 is 23.4 Å². The molecule has 0 saturated carbocycles. The molecule has 0 bridgehead atoms. The van der Waals surface area contributed by atoms with Gasteiger partial charge in [0.2, 0.25) is 5.91 Å². The van der Waals surface area contributed by atoms with Gasteiger partial charge in [0.15, 0.2) is 0 Å². The Hall–Kier alpha value is -2.38. The molecule has 8 heteroatoms. The topological polar surface area (TPSA) is 46.9 Å². The number of anilines is 1. The summed E-state index contributed by atoms with van der Waals surface area (Å²) in [7, 11) is 0. The number of thioether (sulfide) groups is 1. The first-order valence-electron chi connectivity index (χ1n) is 8.07. The number of carbonyl (C=O) groups excluding carboxylic acids is 1. The molecule has 27 heavy (non-hydrogen) atoms. The molecule has 3 aromatic rings. The van der Waals surface area contributed by atoms with E-state index < -0.39 is 11.6 Å². The SMILES string of the molecule is Cc1cnn(Cc2cc(F)ccc2F)c1NC(=O)CSc1ccccc1Cl. The minimum Gasteiger partial charge on any atom is -0.310 e. The van der Waals surface area contributed by atoms with Gasteiger partial charge in [-0.15, -0.1) is 11.8 Å². The van der Waals surface area contributed by atoms with Gasteiger partial charge in [-0.1, -0.05) is 23.7 Å². The molecule has 0 aliphatic rings. The van der Waals surface area contributed by atoms with Crippen molar-refractivity contribution in [1.29, 1.82) is 0 Å². The van der Waals surface area contributed by atoms with Crippen LogP contribution in [0.5, 0.6) is 0 Å². The highest BCUT2D eigenvalue weighted by Crippen LogP contribution is 2.27. The van der Waals surface area contributed by atoms with E-state index >= 15 is 0 Å². The van der Waals surface area contributed by atoms with Gasteiger partial charge in [0, 0.05) is 16.0 Å². The van der Waals surface area contributed by atoms with E-state index in [0.29, 0.717) is 10.8 Å². The van der Waals surface area contributed by atoms with Gasteiger partial charge in [-0.3, -0.25) is 4.79 Å². The number of benzene rings is 2. The Kier molecular flexibility index (Phi) is 6.13. The number of hydrogen-bond acceptors (Lipinski definition) is 3. The van der Waals surface area contributed by atoms with E-state index in [1.54, 1.807) is 19.2 Å². The van der Waals surface area contributed by atoms with E-state index in [9.17, 15) is 13.6 Å². The minimum absolute atomic E-state index is 0.00467. The quantitative estimate of drug-likeness (QED) is 0.591. The van der Waals surface area contributed by atoms with Crippen molar-refractivity contribution in [1.82, 2.24) is 9.78 Å². The molecule has 0 radical (unpaired) electrons. The van der Waals surface area contributed by atoms with Crippen molar-refractivity contribution in [3.05, 3.63) is 76.4 Å². The summed E-state index contributed by atoms with van der Waals surface area (Å²) < 4.78 is 28.7. The predicted octanol–water partition coefficient (Wildman–Crippen LogP) is 4.90. The van der Waals surface area contributed by atoms with Gasteiger partial charge in [0.05, 0.1) is 23.5 Å². The fourth-order valence-electron chi connectivity index (χ4n) is 2.46. The number of rotatable bonds is 6. The third-order valence-electron chi connectivity index (χ3n) is 3.80. The summed E-state index contributed by atoms with van der Waals surface area (Å²) in [5.41, 5.74) is 0.877. The van der Waals surface area contributed by atoms with Gasteiger partial charge in [-0.05, 0) is 37.3 Å². The van der Waals surface area contributed by atoms with Crippen LogP contribution in [0.15, 0.2) is 53.6 Å². The van der Waals surface area contributed by atoms with E-state index in [1.165, 1.54) is 16.4 Å². The second-order valence-corrected chi connectivity index (χ2v) is 7.26. The summed E-state index contributed by atoms with van der Waals surface area (Å²) in [6.07, 6.45) is 1.56. The summed E-state index contributed by atoms with van der Waals surface area (Å²) in [4.78, 5) is 13.1. The minimum atomic E-state index is -0.531. The van der Waals surface area contributed by atoms with Crippen LogP contribution in [0.4, 0.5) is 14.6 Å². The lowest BCUT2D eigenvalue weighted by atomic mass is 10.2. The Labute approximate surface area is 164 Å². The number of halogens is 3. The van der Waals surface area contributed by atoms with E-state index in [4.69, 9.17) is 11.6 Å². The molecule has 140 valence electrons. The second-order valence-electron chi connectivity index (χ2n) is 5.84.